The van der Waals surface area contributed by atoms with Crippen molar-refractivity contribution in [2.24, 2.45) is 10.8 Å². The van der Waals surface area contributed by atoms with Crippen LogP contribution in [0.25, 0.3) is 22.3 Å². The molecule has 2 bridgehead atoms. The molecule has 5 rings (SSSR count). The summed E-state index contributed by atoms with van der Waals surface area (Å²) >= 11 is 0. The number of fused-ring (bicyclic) bond motifs is 3. The van der Waals surface area contributed by atoms with Crippen LogP contribution in [0.3, 0.4) is 0 Å². The Hall–Kier alpha value is -2.79. The van der Waals surface area contributed by atoms with Crippen molar-refractivity contribution in [1.29, 1.82) is 0 Å². The molecule has 2 fully saturated rings. The number of phenols is 1. The summed E-state index contributed by atoms with van der Waals surface area (Å²) in [4.78, 5) is 15.6. The van der Waals surface area contributed by atoms with Gasteiger partial charge >= 0.3 is 0 Å². The van der Waals surface area contributed by atoms with E-state index < -0.39 is 0 Å². The Kier molecular flexibility index (Phi) is 4.86. The van der Waals surface area contributed by atoms with Crippen molar-refractivity contribution < 1.29 is 14.3 Å². The first-order valence-electron chi connectivity index (χ1n) is 11.3. The predicted molar refractivity (Wildman–Crippen MR) is 126 cm³/mol. The second-order valence-corrected chi connectivity index (χ2v) is 10.7. The van der Waals surface area contributed by atoms with Crippen molar-refractivity contribution in [3.05, 3.63) is 58.3 Å². The summed E-state index contributed by atoms with van der Waals surface area (Å²) < 4.78 is 11.7. The highest BCUT2D eigenvalue weighted by Crippen LogP contribution is 2.53. The molecule has 3 aromatic rings. The largest absolute Gasteiger partial charge is 0.507 e. The molecule has 1 saturated heterocycles. The normalized spacial score (nSPS) is 24.7. The van der Waals surface area contributed by atoms with Crippen molar-refractivity contribution in [2.45, 2.75) is 52.6 Å². The van der Waals surface area contributed by atoms with Crippen molar-refractivity contribution >= 4 is 11.0 Å². The predicted octanol–water partition coefficient (Wildman–Crippen LogP) is 5.57. The first-order valence-corrected chi connectivity index (χ1v) is 11.3. The lowest BCUT2D eigenvalue weighted by Crippen LogP contribution is -2.34. The number of hydrogen-bond donors (Lipinski definition) is 1. The molecule has 1 aliphatic carbocycles. The standard InChI is InChI=1S/C27H31NO4/c1-26(2)12-18-13-27(3,15-26)16-28(18)14-19-20(29)10-23(31-4)24-21(30)11-22(32-25(19)24)17-8-6-5-7-9-17/h5-11,18,29H,12-16H2,1-4H3/t18-,27+/m1/s1. The van der Waals surface area contributed by atoms with Gasteiger partial charge in [-0.2, -0.15) is 0 Å². The van der Waals surface area contributed by atoms with Gasteiger partial charge in [-0.15, -0.1) is 0 Å². The summed E-state index contributed by atoms with van der Waals surface area (Å²) in [5, 5.41) is 11.4. The molecule has 2 aromatic carbocycles. The molecular formula is C27H31NO4. The fourth-order valence-corrected chi connectivity index (χ4v) is 6.36. The van der Waals surface area contributed by atoms with Gasteiger partial charge in [-0.25, -0.2) is 0 Å². The molecular weight excluding hydrogens is 402 g/mol. The van der Waals surface area contributed by atoms with Gasteiger partial charge in [-0.05, 0) is 30.1 Å². The Morgan fingerprint density at radius 1 is 1.16 bits per heavy atom. The second kappa shape index (κ2) is 7.38. The monoisotopic (exact) mass is 433 g/mol. The number of methoxy groups -OCH3 is 1. The molecule has 1 aliphatic heterocycles. The van der Waals surface area contributed by atoms with Crippen LogP contribution in [0.1, 0.15) is 45.6 Å². The molecule has 0 radical (unpaired) electrons. The lowest BCUT2D eigenvalue weighted by atomic mass is 9.65. The number of hydrogen-bond acceptors (Lipinski definition) is 5. The van der Waals surface area contributed by atoms with Gasteiger partial charge in [0.1, 0.15) is 22.6 Å². The lowest BCUT2D eigenvalue weighted by Gasteiger charge is -2.40. The minimum absolute atomic E-state index is 0.105. The molecule has 0 spiro atoms. The Morgan fingerprint density at radius 3 is 2.62 bits per heavy atom. The van der Waals surface area contributed by atoms with Crippen LogP contribution in [-0.4, -0.2) is 29.7 Å². The number of likely N-dealkylation sites (tertiary alicyclic amines) is 1. The van der Waals surface area contributed by atoms with E-state index in [-0.39, 0.29) is 16.6 Å². The van der Waals surface area contributed by atoms with Crippen molar-refractivity contribution in [3.8, 4) is 22.8 Å². The summed E-state index contributed by atoms with van der Waals surface area (Å²) in [5.74, 6) is 0.932. The van der Waals surface area contributed by atoms with Gasteiger partial charge < -0.3 is 14.3 Å². The number of rotatable bonds is 4. The van der Waals surface area contributed by atoms with Gasteiger partial charge in [-0.1, -0.05) is 51.1 Å². The number of nitrogens with zero attached hydrogens (tertiary/aromatic N) is 1. The maximum atomic E-state index is 13.1. The fraction of sp³-hybridized carbons (Fsp3) is 0.444. The number of aromatic hydroxyl groups is 1. The molecule has 168 valence electrons. The maximum Gasteiger partial charge on any atom is 0.197 e. The topological polar surface area (TPSA) is 62.9 Å². The Balaban J connectivity index is 1.64. The van der Waals surface area contributed by atoms with Gasteiger partial charge in [-0.3, -0.25) is 9.69 Å². The van der Waals surface area contributed by atoms with Crippen LogP contribution >= 0.6 is 0 Å². The van der Waals surface area contributed by atoms with Crippen molar-refractivity contribution in [1.82, 2.24) is 4.90 Å². The van der Waals surface area contributed by atoms with E-state index >= 15 is 0 Å². The quantitative estimate of drug-likeness (QED) is 0.582. The maximum absolute atomic E-state index is 13.1. The van der Waals surface area contributed by atoms with E-state index in [1.807, 2.05) is 30.3 Å². The zero-order valence-corrected chi connectivity index (χ0v) is 19.3. The molecule has 2 heterocycles. The molecule has 1 aromatic heterocycles. The van der Waals surface area contributed by atoms with Gasteiger partial charge in [0.2, 0.25) is 0 Å². The van der Waals surface area contributed by atoms with Crippen molar-refractivity contribution in [3.63, 3.8) is 0 Å². The molecule has 5 nitrogen and oxygen atoms in total. The van der Waals surface area contributed by atoms with Crippen LogP contribution in [0.4, 0.5) is 0 Å². The number of phenolic OH excluding ortho intramolecular Hbond substituents is 1. The zero-order valence-electron chi connectivity index (χ0n) is 19.3. The molecule has 2 atom stereocenters. The van der Waals surface area contributed by atoms with E-state index in [9.17, 15) is 9.90 Å². The minimum atomic E-state index is -0.170. The molecule has 2 aliphatic rings. The third kappa shape index (κ3) is 3.58. The summed E-state index contributed by atoms with van der Waals surface area (Å²) in [6, 6.07) is 13.1. The second-order valence-electron chi connectivity index (χ2n) is 10.7. The van der Waals surface area contributed by atoms with E-state index in [1.165, 1.54) is 26.0 Å². The van der Waals surface area contributed by atoms with Gasteiger partial charge in [0.15, 0.2) is 11.0 Å². The highest BCUT2D eigenvalue weighted by atomic mass is 16.5. The third-order valence-corrected chi connectivity index (χ3v) is 7.21. The summed E-state index contributed by atoms with van der Waals surface area (Å²) in [6.45, 7) is 8.61. The zero-order chi connectivity index (χ0) is 22.7. The first-order chi connectivity index (χ1) is 15.2. The summed E-state index contributed by atoms with van der Waals surface area (Å²) in [6.07, 6.45) is 3.51. The average Bonchev–Trinajstić information content (AvgIpc) is 2.97. The fourth-order valence-electron chi connectivity index (χ4n) is 6.36. The Bertz CT molecular complexity index is 1230. The van der Waals surface area contributed by atoms with E-state index in [2.05, 4.69) is 25.7 Å². The summed E-state index contributed by atoms with van der Waals surface area (Å²) in [7, 11) is 1.50. The van der Waals surface area contributed by atoms with Crippen LogP contribution in [-0.2, 0) is 6.54 Å². The van der Waals surface area contributed by atoms with E-state index in [4.69, 9.17) is 9.15 Å². The molecule has 1 saturated carbocycles. The number of benzene rings is 2. The van der Waals surface area contributed by atoms with E-state index in [1.54, 1.807) is 6.07 Å². The molecule has 5 heteroatoms. The highest BCUT2D eigenvalue weighted by Gasteiger charge is 2.49. The smallest absolute Gasteiger partial charge is 0.197 e. The van der Waals surface area contributed by atoms with Gasteiger partial charge in [0, 0.05) is 36.8 Å². The minimum Gasteiger partial charge on any atom is -0.507 e. The van der Waals surface area contributed by atoms with E-state index in [0.717, 1.165) is 18.5 Å². The molecule has 0 unspecified atom stereocenters. The lowest BCUT2D eigenvalue weighted by molar-refractivity contribution is 0.126. The van der Waals surface area contributed by atoms with Crippen LogP contribution in [0, 0.1) is 10.8 Å². The molecule has 1 N–H and O–H groups in total. The van der Waals surface area contributed by atoms with Crippen LogP contribution in [0.2, 0.25) is 0 Å². The molecule has 0 amide bonds. The van der Waals surface area contributed by atoms with Gasteiger partial charge in [0.25, 0.3) is 0 Å². The Labute approximate surface area is 188 Å². The van der Waals surface area contributed by atoms with Gasteiger partial charge in [0.05, 0.1) is 12.7 Å². The highest BCUT2D eigenvalue weighted by molar-refractivity contribution is 5.89. The summed E-state index contributed by atoms with van der Waals surface area (Å²) in [5.41, 5.74) is 2.32. The van der Waals surface area contributed by atoms with Crippen LogP contribution in [0.15, 0.2) is 51.7 Å². The molecule has 32 heavy (non-hydrogen) atoms. The van der Waals surface area contributed by atoms with E-state index in [0.29, 0.717) is 46.0 Å². The average molecular weight is 434 g/mol. The van der Waals surface area contributed by atoms with Crippen LogP contribution < -0.4 is 10.2 Å². The Morgan fingerprint density at radius 2 is 1.91 bits per heavy atom. The van der Waals surface area contributed by atoms with Crippen LogP contribution in [0.5, 0.6) is 11.5 Å². The third-order valence-electron chi connectivity index (χ3n) is 7.21. The number of ether oxygens (including phenoxy) is 1. The SMILES string of the molecule is COc1cc(O)c(CN2C[C@@]3(C)C[C@H]2CC(C)(C)C3)c2oc(-c3ccccc3)cc(=O)c12. The first kappa shape index (κ1) is 21.1. The van der Waals surface area contributed by atoms with Crippen molar-refractivity contribution in [2.75, 3.05) is 13.7 Å².